The molecule has 5 nitrogen and oxygen atoms in total. The van der Waals surface area contributed by atoms with Gasteiger partial charge < -0.3 is 15.5 Å². The minimum Gasteiger partial charge on any atom is -0.372 e. The minimum absolute atomic E-state index is 0.588. The molecule has 0 bridgehead atoms. The number of aromatic nitrogens is 2. The molecular weight excluding hydrogens is 274 g/mol. The summed E-state index contributed by atoms with van der Waals surface area (Å²) in [5, 5.41) is 6.36. The van der Waals surface area contributed by atoms with Crippen LogP contribution in [0.2, 0.25) is 0 Å². The summed E-state index contributed by atoms with van der Waals surface area (Å²) in [6.45, 7) is 10.6. The number of rotatable bonds is 8. The lowest BCUT2D eigenvalue weighted by molar-refractivity contribution is 0.866. The summed E-state index contributed by atoms with van der Waals surface area (Å²) in [4.78, 5) is 10.9. The molecule has 2 aromatic rings. The Bertz CT molecular complexity index is 590. The summed E-state index contributed by atoms with van der Waals surface area (Å²) < 4.78 is 0. The van der Waals surface area contributed by atoms with Crippen molar-refractivity contribution < 1.29 is 0 Å². The molecule has 0 aliphatic heterocycles. The molecule has 0 saturated heterocycles. The van der Waals surface area contributed by atoms with E-state index in [9.17, 15) is 0 Å². The SMILES string of the molecule is C=CCNc1nccc(Nc2ccc(N(CC)CC)cc2)n1. The van der Waals surface area contributed by atoms with Gasteiger partial charge in [0.25, 0.3) is 0 Å². The molecule has 0 fully saturated rings. The Hall–Kier alpha value is -2.56. The van der Waals surface area contributed by atoms with Crippen LogP contribution in [-0.4, -0.2) is 29.6 Å². The van der Waals surface area contributed by atoms with E-state index in [1.807, 2.05) is 6.07 Å². The maximum atomic E-state index is 4.40. The van der Waals surface area contributed by atoms with Crippen LogP contribution in [-0.2, 0) is 0 Å². The Morgan fingerprint density at radius 1 is 1.14 bits per heavy atom. The Morgan fingerprint density at radius 3 is 2.50 bits per heavy atom. The third-order valence-corrected chi connectivity index (χ3v) is 3.33. The smallest absolute Gasteiger partial charge is 0.224 e. The highest BCUT2D eigenvalue weighted by atomic mass is 15.1. The fourth-order valence-corrected chi connectivity index (χ4v) is 2.17. The zero-order valence-corrected chi connectivity index (χ0v) is 13.2. The minimum atomic E-state index is 0.588. The largest absolute Gasteiger partial charge is 0.372 e. The molecule has 2 rings (SSSR count). The maximum absolute atomic E-state index is 4.40. The van der Waals surface area contributed by atoms with E-state index in [2.05, 4.69) is 70.2 Å². The second kappa shape index (κ2) is 8.02. The van der Waals surface area contributed by atoms with E-state index < -0.39 is 0 Å². The average Bonchev–Trinajstić information content (AvgIpc) is 2.56. The summed E-state index contributed by atoms with van der Waals surface area (Å²) in [6.07, 6.45) is 3.50. The molecule has 0 radical (unpaired) electrons. The highest BCUT2D eigenvalue weighted by Crippen LogP contribution is 2.20. The standard InChI is InChI=1S/C17H23N5/c1-4-12-18-17-19-13-11-16(21-17)20-14-7-9-15(10-8-14)22(5-2)6-3/h4,7-11,13H,1,5-6,12H2,2-3H3,(H2,18,19,20,21). The van der Waals surface area contributed by atoms with Crippen LogP contribution in [0.5, 0.6) is 0 Å². The first kappa shape index (κ1) is 15.8. The molecule has 116 valence electrons. The third-order valence-electron chi connectivity index (χ3n) is 3.33. The van der Waals surface area contributed by atoms with Gasteiger partial charge >= 0.3 is 0 Å². The molecule has 0 aliphatic carbocycles. The van der Waals surface area contributed by atoms with Gasteiger partial charge in [-0.15, -0.1) is 6.58 Å². The molecule has 0 spiro atoms. The van der Waals surface area contributed by atoms with Gasteiger partial charge in [0.05, 0.1) is 0 Å². The van der Waals surface area contributed by atoms with Gasteiger partial charge in [-0.05, 0) is 44.2 Å². The highest BCUT2D eigenvalue weighted by molar-refractivity contribution is 5.61. The summed E-state index contributed by atoms with van der Waals surface area (Å²) in [5.41, 5.74) is 2.23. The second-order valence-electron chi connectivity index (χ2n) is 4.78. The van der Waals surface area contributed by atoms with Crippen molar-refractivity contribution in [1.29, 1.82) is 0 Å². The highest BCUT2D eigenvalue weighted by Gasteiger charge is 2.03. The van der Waals surface area contributed by atoms with Crippen LogP contribution in [0, 0.1) is 0 Å². The molecule has 1 aromatic carbocycles. The predicted molar refractivity (Wildman–Crippen MR) is 94.0 cm³/mol. The summed E-state index contributed by atoms with van der Waals surface area (Å²) >= 11 is 0. The van der Waals surface area contributed by atoms with E-state index in [1.54, 1.807) is 12.3 Å². The summed E-state index contributed by atoms with van der Waals surface area (Å²) in [5.74, 6) is 1.35. The van der Waals surface area contributed by atoms with Crippen molar-refractivity contribution in [3.05, 3.63) is 49.2 Å². The molecule has 0 unspecified atom stereocenters. The van der Waals surface area contributed by atoms with Gasteiger partial charge in [-0.1, -0.05) is 6.08 Å². The molecule has 1 aromatic heterocycles. The van der Waals surface area contributed by atoms with E-state index in [0.717, 1.165) is 24.6 Å². The topological polar surface area (TPSA) is 53.1 Å². The number of nitrogens with one attached hydrogen (secondary N) is 2. The Kier molecular flexibility index (Phi) is 5.77. The lowest BCUT2D eigenvalue weighted by Crippen LogP contribution is -2.21. The Morgan fingerprint density at radius 2 is 1.86 bits per heavy atom. The molecular formula is C17H23N5. The number of benzene rings is 1. The van der Waals surface area contributed by atoms with Gasteiger partial charge in [-0.3, -0.25) is 0 Å². The fraction of sp³-hybridized carbons (Fsp3) is 0.294. The quantitative estimate of drug-likeness (QED) is 0.728. The van der Waals surface area contributed by atoms with Crippen LogP contribution in [0.4, 0.5) is 23.1 Å². The van der Waals surface area contributed by atoms with Crippen molar-refractivity contribution in [3.8, 4) is 0 Å². The van der Waals surface area contributed by atoms with Gasteiger partial charge in [0, 0.05) is 37.2 Å². The molecule has 0 saturated carbocycles. The third kappa shape index (κ3) is 4.22. The number of hydrogen-bond acceptors (Lipinski definition) is 5. The number of nitrogens with zero attached hydrogens (tertiary/aromatic N) is 3. The Balaban J connectivity index is 2.05. The monoisotopic (exact) mass is 297 g/mol. The first-order valence-electron chi connectivity index (χ1n) is 7.56. The lowest BCUT2D eigenvalue weighted by atomic mass is 10.2. The van der Waals surface area contributed by atoms with Gasteiger partial charge in [0.1, 0.15) is 5.82 Å². The summed E-state index contributed by atoms with van der Waals surface area (Å²) in [6, 6.07) is 10.2. The maximum Gasteiger partial charge on any atom is 0.224 e. The lowest BCUT2D eigenvalue weighted by Gasteiger charge is -2.21. The predicted octanol–water partition coefficient (Wildman–Crippen LogP) is 3.66. The van der Waals surface area contributed by atoms with Crippen LogP contribution >= 0.6 is 0 Å². The Labute approximate surface area is 132 Å². The van der Waals surface area contributed by atoms with Gasteiger partial charge in [0.2, 0.25) is 5.95 Å². The molecule has 0 aliphatic rings. The first-order valence-corrected chi connectivity index (χ1v) is 7.56. The van der Waals surface area contributed by atoms with Gasteiger partial charge in [-0.2, -0.15) is 4.98 Å². The van der Waals surface area contributed by atoms with Crippen LogP contribution in [0.1, 0.15) is 13.8 Å². The molecule has 5 heteroatoms. The van der Waals surface area contributed by atoms with Crippen LogP contribution in [0.15, 0.2) is 49.2 Å². The molecule has 0 atom stereocenters. The number of hydrogen-bond donors (Lipinski definition) is 2. The van der Waals surface area contributed by atoms with E-state index >= 15 is 0 Å². The molecule has 0 amide bonds. The van der Waals surface area contributed by atoms with Crippen molar-refractivity contribution in [2.75, 3.05) is 35.2 Å². The van der Waals surface area contributed by atoms with Crippen molar-refractivity contribution >= 4 is 23.1 Å². The zero-order valence-electron chi connectivity index (χ0n) is 13.2. The average molecular weight is 297 g/mol. The van der Waals surface area contributed by atoms with Gasteiger partial charge in [-0.25, -0.2) is 4.98 Å². The van der Waals surface area contributed by atoms with Crippen molar-refractivity contribution in [1.82, 2.24) is 9.97 Å². The van der Waals surface area contributed by atoms with Crippen LogP contribution in [0.25, 0.3) is 0 Å². The second-order valence-corrected chi connectivity index (χ2v) is 4.78. The van der Waals surface area contributed by atoms with E-state index in [1.165, 1.54) is 5.69 Å². The zero-order chi connectivity index (χ0) is 15.8. The van der Waals surface area contributed by atoms with Crippen LogP contribution in [0.3, 0.4) is 0 Å². The van der Waals surface area contributed by atoms with Crippen molar-refractivity contribution in [2.24, 2.45) is 0 Å². The van der Waals surface area contributed by atoms with Crippen molar-refractivity contribution in [3.63, 3.8) is 0 Å². The van der Waals surface area contributed by atoms with E-state index in [0.29, 0.717) is 12.5 Å². The number of anilines is 4. The molecule has 22 heavy (non-hydrogen) atoms. The normalized spacial score (nSPS) is 10.1. The van der Waals surface area contributed by atoms with Crippen LogP contribution < -0.4 is 15.5 Å². The van der Waals surface area contributed by atoms with E-state index in [4.69, 9.17) is 0 Å². The van der Waals surface area contributed by atoms with Crippen molar-refractivity contribution in [2.45, 2.75) is 13.8 Å². The molecule has 1 heterocycles. The fourth-order valence-electron chi connectivity index (χ4n) is 2.17. The first-order chi connectivity index (χ1) is 10.8. The summed E-state index contributed by atoms with van der Waals surface area (Å²) in [7, 11) is 0. The van der Waals surface area contributed by atoms with E-state index in [-0.39, 0.29) is 0 Å². The van der Waals surface area contributed by atoms with Gasteiger partial charge in [0.15, 0.2) is 0 Å². The molecule has 2 N–H and O–H groups in total.